The number of carbonyl (C=O) groups excluding carboxylic acids is 1. The van der Waals surface area contributed by atoms with E-state index in [9.17, 15) is 9.59 Å². The summed E-state index contributed by atoms with van der Waals surface area (Å²) in [5, 5.41) is 0. The van der Waals surface area contributed by atoms with Crippen molar-refractivity contribution in [2.75, 3.05) is 20.8 Å². The van der Waals surface area contributed by atoms with Gasteiger partial charge in [-0.25, -0.2) is 9.79 Å². The van der Waals surface area contributed by atoms with E-state index in [1.54, 1.807) is 36.8 Å². The number of carbonyl (C=O) groups is 1. The molecule has 0 N–H and O–H groups in total. The van der Waals surface area contributed by atoms with Crippen LogP contribution in [0.15, 0.2) is 69.6 Å². The minimum Gasteiger partial charge on any atom is -0.497 e. The molecule has 1 aliphatic rings. The zero-order valence-corrected chi connectivity index (χ0v) is 19.6. The molecule has 2 aromatic carbocycles. The smallest absolute Gasteiger partial charge is 0.338 e. The fourth-order valence-corrected chi connectivity index (χ4v) is 4.86. The quantitative estimate of drug-likeness (QED) is 0.524. The number of benzene rings is 2. The molecule has 1 aromatic heterocycles. The highest BCUT2D eigenvalue weighted by Gasteiger charge is 2.33. The van der Waals surface area contributed by atoms with Gasteiger partial charge in [-0.3, -0.25) is 9.36 Å². The van der Waals surface area contributed by atoms with Crippen LogP contribution in [-0.4, -0.2) is 31.4 Å². The zero-order chi connectivity index (χ0) is 23.5. The zero-order valence-electron chi connectivity index (χ0n) is 18.8. The number of ether oxygens (including phenoxy) is 3. The molecule has 0 saturated heterocycles. The van der Waals surface area contributed by atoms with Crippen molar-refractivity contribution in [1.29, 1.82) is 0 Å². The summed E-state index contributed by atoms with van der Waals surface area (Å²) in [6.07, 6.45) is 1.80. The molecule has 0 radical (unpaired) electrons. The number of rotatable bonds is 6. The highest BCUT2D eigenvalue weighted by atomic mass is 32.1. The van der Waals surface area contributed by atoms with E-state index in [1.807, 2.05) is 43.3 Å². The number of esters is 1. The van der Waals surface area contributed by atoms with Gasteiger partial charge in [0.2, 0.25) is 0 Å². The average Bonchev–Trinajstić information content (AvgIpc) is 3.13. The van der Waals surface area contributed by atoms with Gasteiger partial charge in [0.05, 0.1) is 42.7 Å². The second-order valence-corrected chi connectivity index (χ2v) is 8.33. The summed E-state index contributed by atoms with van der Waals surface area (Å²) in [7, 11) is 2.91. The monoisotopic (exact) mass is 464 g/mol. The molecule has 4 rings (SSSR count). The third-order valence-corrected chi connectivity index (χ3v) is 6.35. The van der Waals surface area contributed by atoms with Gasteiger partial charge in [0.15, 0.2) is 4.80 Å². The lowest BCUT2D eigenvalue weighted by atomic mass is 9.96. The number of hydrogen-bond donors (Lipinski definition) is 0. The maximum Gasteiger partial charge on any atom is 0.338 e. The lowest BCUT2D eigenvalue weighted by Gasteiger charge is -2.24. The van der Waals surface area contributed by atoms with Gasteiger partial charge in [0.1, 0.15) is 11.5 Å². The molecule has 0 fully saturated rings. The number of para-hydroxylation sites is 1. The van der Waals surface area contributed by atoms with Crippen LogP contribution in [0.5, 0.6) is 11.5 Å². The van der Waals surface area contributed by atoms with E-state index < -0.39 is 12.0 Å². The molecule has 7 nitrogen and oxygen atoms in total. The Morgan fingerprint density at radius 2 is 1.88 bits per heavy atom. The average molecular weight is 465 g/mol. The number of methoxy groups -OCH3 is 2. The number of fused-ring (bicyclic) bond motifs is 1. The van der Waals surface area contributed by atoms with E-state index >= 15 is 0 Å². The van der Waals surface area contributed by atoms with E-state index in [-0.39, 0.29) is 5.56 Å². The van der Waals surface area contributed by atoms with Gasteiger partial charge in [-0.05, 0) is 43.7 Å². The topological polar surface area (TPSA) is 79.1 Å². The first-order valence-electron chi connectivity index (χ1n) is 10.4. The van der Waals surface area contributed by atoms with Crippen molar-refractivity contribution in [2.45, 2.75) is 19.9 Å². The molecule has 1 aliphatic heterocycles. The lowest BCUT2D eigenvalue weighted by molar-refractivity contribution is -0.136. The first-order chi connectivity index (χ1) is 16.0. The van der Waals surface area contributed by atoms with Crippen molar-refractivity contribution in [1.82, 2.24) is 4.57 Å². The summed E-state index contributed by atoms with van der Waals surface area (Å²) >= 11 is 1.28. The minimum absolute atomic E-state index is 0.236. The van der Waals surface area contributed by atoms with E-state index in [4.69, 9.17) is 14.2 Å². The fraction of sp³-hybridized carbons (Fsp3) is 0.240. The summed E-state index contributed by atoms with van der Waals surface area (Å²) < 4.78 is 18.1. The summed E-state index contributed by atoms with van der Waals surface area (Å²) in [6.45, 7) is 4.19. The Balaban J connectivity index is 1.95. The largest absolute Gasteiger partial charge is 0.497 e. The molecular weight excluding hydrogens is 440 g/mol. The predicted octanol–water partition coefficient (Wildman–Crippen LogP) is 2.82. The Hall–Kier alpha value is -3.65. The Morgan fingerprint density at radius 1 is 1.15 bits per heavy atom. The second kappa shape index (κ2) is 9.46. The highest BCUT2D eigenvalue weighted by molar-refractivity contribution is 7.07. The Morgan fingerprint density at radius 3 is 2.55 bits per heavy atom. The summed E-state index contributed by atoms with van der Waals surface area (Å²) in [6, 6.07) is 14.2. The molecule has 1 unspecified atom stereocenters. The predicted molar refractivity (Wildman–Crippen MR) is 126 cm³/mol. The summed E-state index contributed by atoms with van der Waals surface area (Å²) in [5.41, 5.74) is 2.17. The Kier molecular flexibility index (Phi) is 6.46. The first kappa shape index (κ1) is 22.5. The second-order valence-electron chi connectivity index (χ2n) is 7.32. The SMILES string of the molecule is CCOc1ccccc1/C=c1\sc2n(c1=O)C(c1ccc(OC)cc1)C(C(=O)OC)=C(C)N=2. The summed E-state index contributed by atoms with van der Waals surface area (Å²) in [5.74, 6) is 0.857. The van der Waals surface area contributed by atoms with Gasteiger partial charge in [-0.1, -0.05) is 41.7 Å². The molecule has 0 spiro atoms. The molecule has 2 heterocycles. The Bertz CT molecular complexity index is 1400. The third-order valence-electron chi connectivity index (χ3n) is 5.36. The van der Waals surface area contributed by atoms with Gasteiger partial charge in [-0.2, -0.15) is 0 Å². The summed E-state index contributed by atoms with van der Waals surface area (Å²) in [4.78, 5) is 31.4. The molecule has 33 heavy (non-hydrogen) atoms. The van der Waals surface area contributed by atoms with Crippen molar-refractivity contribution in [3.8, 4) is 11.5 Å². The number of allylic oxidation sites excluding steroid dienone is 1. The molecule has 0 amide bonds. The van der Waals surface area contributed by atoms with Gasteiger partial charge >= 0.3 is 5.97 Å². The van der Waals surface area contributed by atoms with E-state index in [0.717, 1.165) is 11.1 Å². The van der Waals surface area contributed by atoms with Gasteiger partial charge in [0.25, 0.3) is 5.56 Å². The van der Waals surface area contributed by atoms with E-state index in [2.05, 4.69) is 4.99 Å². The third kappa shape index (κ3) is 4.21. The van der Waals surface area contributed by atoms with Gasteiger partial charge < -0.3 is 14.2 Å². The van der Waals surface area contributed by atoms with Crippen LogP contribution in [0.1, 0.15) is 31.0 Å². The van der Waals surface area contributed by atoms with Crippen molar-refractivity contribution < 1.29 is 19.0 Å². The van der Waals surface area contributed by atoms with Crippen LogP contribution in [-0.2, 0) is 9.53 Å². The molecular formula is C25H24N2O5S. The van der Waals surface area contributed by atoms with Crippen LogP contribution < -0.4 is 24.4 Å². The van der Waals surface area contributed by atoms with Crippen LogP contribution in [0.2, 0.25) is 0 Å². The van der Waals surface area contributed by atoms with Gasteiger partial charge in [0, 0.05) is 5.56 Å². The molecule has 0 aliphatic carbocycles. The first-order valence-corrected chi connectivity index (χ1v) is 11.3. The van der Waals surface area contributed by atoms with E-state index in [1.165, 1.54) is 18.4 Å². The molecule has 3 aromatic rings. The fourth-order valence-electron chi connectivity index (χ4n) is 3.82. The van der Waals surface area contributed by atoms with Crippen molar-refractivity contribution >= 4 is 23.4 Å². The normalized spacial score (nSPS) is 15.6. The molecule has 0 saturated carbocycles. The maximum absolute atomic E-state index is 13.6. The molecule has 1 atom stereocenters. The van der Waals surface area contributed by atoms with Crippen LogP contribution in [0.4, 0.5) is 0 Å². The molecule has 0 bridgehead atoms. The van der Waals surface area contributed by atoms with Crippen molar-refractivity contribution in [3.05, 3.63) is 90.6 Å². The maximum atomic E-state index is 13.6. The van der Waals surface area contributed by atoms with E-state index in [0.29, 0.717) is 38.7 Å². The number of nitrogens with zero attached hydrogens (tertiary/aromatic N) is 2. The molecule has 8 heteroatoms. The van der Waals surface area contributed by atoms with Crippen LogP contribution in [0, 0.1) is 0 Å². The minimum atomic E-state index is -0.663. The lowest BCUT2D eigenvalue weighted by Crippen LogP contribution is -2.39. The number of thiazole rings is 1. The standard InChI is InChI=1S/C25H24N2O5S/c1-5-32-19-9-7-6-8-17(19)14-20-23(28)27-22(16-10-12-18(30-3)13-11-16)21(24(29)31-4)15(2)26-25(27)33-20/h6-14,22H,5H2,1-4H3/b20-14-. The molecule has 170 valence electrons. The Labute approximate surface area is 194 Å². The van der Waals surface area contributed by atoms with Gasteiger partial charge in [-0.15, -0.1) is 0 Å². The van der Waals surface area contributed by atoms with Crippen molar-refractivity contribution in [3.63, 3.8) is 0 Å². The van der Waals surface area contributed by atoms with Crippen LogP contribution >= 0.6 is 11.3 Å². The number of aromatic nitrogens is 1. The van der Waals surface area contributed by atoms with Crippen LogP contribution in [0.3, 0.4) is 0 Å². The number of hydrogen-bond acceptors (Lipinski definition) is 7. The van der Waals surface area contributed by atoms with Crippen LogP contribution in [0.25, 0.3) is 6.08 Å². The van der Waals surface area contributed by atoms with Crippen molar-refractivity contribution in [2.24, 2.45) is 4.99 Å². The highest BCUT2D eigenvalue weighted by Crippen LogP contribution is 2.31.